The monoisotopic (exact) mass is 850 g/mol. The highest BCUT2D eigenvalue weighted by Crippen LogP contribution is 2.34. The molecule has 2 aliphatic rings. The number of hydrogen-bond donors (Lipinski definition) is 4. The molecular formula is C40H50BBrF6N6O2. The van der Waals surface area contributed by atoms with Crippen molar-refractivity contribution in [1.29, 1.82) is 0 Å². The third kappa shape index (κ3) is 14.3. The summed E-state index contributed by atoms with van der Waals surface area (Å²) in [6, 6.07) is 15.7. The number of alkyl halides is 6. The first-order valence-corrected chi connectivity index (χ1v) is 20.1. The Bertz CT molecular complexity index is 1770. The maximum absolute atomic E-state index is 13.0. The van der Waals surface area contributed by atoms with Gasteiger partial charge in [-0.15, -0.1) is 0 Å². The van der Waals surface area contributed by atoms with Crippen LogP contribution in [0.25, 0.3) is 11.1 Å². The SMILES string of the molecule is CCCCc1ccc(-c2cnc(C(F)(F)F)nc2NC2CCCC2)cc1.CCCCc1ccc(B(O)O)cc1.FC(F)(F)c1ncc(Br)c(NC2CCCC2)n1. The Morgan fingerprint density at radius 1 is 0.661 bits per heavy atom. The van der Waals surface area contributed by atoms with Gasteiger partial charge in [-0.1, -0.05) is 101 Å². The fourth-order valence-electron chi connectivity index (χ4n) is 6.44. The second-order valence-electron chi connectivity index (χ2n) is 14.1. The molecule has 0 unspecified atom stereocenters. The van der Waals surface area contributed by atoms with Gasteiger partial charge < -0.3 is 20.7 Å². The number of halogens is 7. The third-order valence-electron chi connectivity index (χ3n) is 9.61. The molecule has 56 heavy (non-hydrogen) atoms. The summed E-state index contributed by atoms with van der Waals surface area (Å²) in [6.07, 6.45) is 8.31. The van der Waals surface area contributed by atoms with Gasteiger partial charge in [-0.2, -0.15) is 26.3 Å². The number of nitrogens with one attached hydrogen (secondary N) is 2. The maximum Gasteiger partial charge on any atom is 0.488 e. The van der Waals surface area contributed by atoms with Crippen LogP contribution in [0.3, 0.4) is 0 Å². The van der Waals surface area contributed by atoms with Crippen LogP contribution >= 0.6 is 15.9 Å². The Morgan fingerprint density at radius 3 is 1.54 bits per heavy atom. The molecule has 2 heterocycles. The molecule has 4 aromatic rings. The molecule has 4 N–H and O–H groups in total. The number of hydrogen-bond acceptors (Lipinski definition) is 8. The van der Waals surface area contributed by atoms with Crippen LogP contribution in [-0.2, 0) is 25.2 Å². The second kappa shape index (κ2) is 21.7. The summed E-state index contributed by atoms with van der Waals surface area (Å²) < 4.78 is 76.9. The zero-order valence-corrected chi connectivity index (χ0v) is 33.3. The molecule has 2 aromatic carbocycles. The number of aromatic nitrogens is 4. The first-order valence-electron chi connectivity index (χ1n) is 19.3. The summed E-state index contributed by atoms with van der Waals surface area (Å²) in [6.45, 7) is 4.31. The molecule has 0 amide bonds. The van der Waals surface area contributed by atoms with E-state index >= 15 is 0 Å². The molecule has 0 spiro atoms. The number of unbranched alkanes of at least 4 members (excludes halogenated alkanes) is 2. The smallest absolute Gasteiger partial charge is 0.423 e. The minimum atomic E-state index is -4.55. The molecule has 304 valence electrons. The first-order chi connectivity index (χ1) is 26.7. The van der Waals surface area contributed by atoms with E-state index in [1.54, 1.807) is 12.1 Å². The third-order valence-corrected chi connectivity index (χ3v) is 10.2. The lowest BCUT2D eigenvalue weighted by molar-refractivity contribution is -0.145. The molecule has 0 aliphatic heterocycles. The van der Waals surface area contributed by atoms with Crippen LogP contribution in [0.2, 0.25) is 0 Å². The molecular weight excluding hydrogens is 801 g/mol. The molecule has 0 atom stereocenters. The molecule has 8 nitrogen and oxygen atoms in total. The Labute approximate surface area is 333 Å². The number of anilines is 2. The van der Waals surface area contributed by atoms with Crippen LogP contribution in [0.4, 0.5) is 38.0 Å². The molecule has 0 radical (unpaired) electrons. The summed E-state index contributed by atoms with van der Waals surface area (Å²) in [5.74, 6) is -1.71. The normalized spacial score (nSPS) is 14.8. The predicted molar refractivity (Wildman–Crippen MR) is 212 cm³/mol. The van der Waals surface area contributed by atoms with Gasteiger partial charge in [0.15, 0.2) is 0 Å². The number of aryl methyl sites for hydroxylation is 2. The van der Waals surface area contributed by atoms with Crippen molar-refractivity contribution in [3.63, 3.8) is 0 Å². The number of rotatable bonds is 12. The van der Waals surface area contributed by atoms with Crippen molar-refractivity contribution < 1.29 is 36.4 Å². The van der Waals surface area contributed by atoms with E-state index in [2.05, 4.69) is 60.3 Å². The van der Waals surface area contributed by atoms with Crippen molar-refractivity contribution >= 4 is 40.1 Å². The van der Waals surface area contributed by atoms with Crippen LogP contribution in [-0.4, -0.2) is 49.2 Å². The van der Waals surface area contributed by atoms with E-state index < -0.39 is 31.1 Å². The van der Waals surface area contributed by atoms with Crippen molar-refractivity contribution in [1.82, 2.24) is 19.9 Å². The average Bonchev–Trinajstić information content (AvgIpc) is 3.89. The first kappa shape index (κ1) is 45.0. The largest absolute Gasteiger partial charge is 0.488 e. The Kier molecular flexibility index (Phi) is 17.4. The Balaban J connectivity index is 0.000000200. The van der Waals surface area contributed by atoms with Gasteiger partial charge in [-0.05, 0) is 89.4 Å². The molecule has 2 aliphatic carbocycles. The second-order valence-corrected chi connectivity index (χ2v) is 15.0. The van der Waals surface area contributed by atoms with Crippen molar-refractivity contribution in [3.05, 3.63) is 88.2 Å². The van der Waals surface area contributed by atoms with Gasteiger partial charge in [0.2, 0.25) is 11.6 Å². The van der Waals surface area contributed by atoms with Crippen LogP contribution in [0.1, 0.15) is 114 Å². The fraction of sp³-hybridized carbons (Fsp3) is 0.500. The van der Waals surface area contributed by atoms with E-state index in [0.717, 1.165) is 88.8 Å². The predicted octanol–water partition coefficient (Wildman–Crippen LogP) is 10.2. The fourth-order valence-corrected chi connectivity index (χ4v) is 6.75. The van der Waals surface area contributed by atoms with Gasteiger partial charge in [0.25, 0.3) is 0 Å². The molecule has 2 aromatic heterocycles. The van der Waals surface area contributed by atoms with Gasteiger partial charge in [0.05, 0.1) is 4.47 Å². The van der Waals surface area contributed by atoms with Gasteiger partial charge in [0.1, 0.15) is 11.6 Å². The van der Waals surface area contributed by atoms with E-state index in [1.807, 2.05) is 36.4 Å². The van der Waals surface area contributed by atoms with Crippen LogP contribution < -0.4 is 16.1 Å². The highest BCUT2D eigenvalue weighted by molar-refractivity contribution is 9.10. The summed E-state index contributed by atoms with van der Waals surface area (Å²) in [4.78, 5) is 14.1. The van der Waals surface area contributed by atoms with Crippen molar-refractivity contribution in [3.8, 4) is 11.1 Å². The lowest BCUT2D eigenvalue weighted by atomic mass is 9.80. The number of benzene rings is 2. The van der Waals surface area contributed by atoms with Crippen LogP contribution in [0, 0.1) is 0 Å². The lowest BCUT2D eigenvalue weighted by Gasteiger charge is -2.17. The molecule has 16 heteroatoms. The van der Waals surface area contributed by atoms with E-state index in [4.69, 9.17) is 10.0 Å². The van der Waals surface area contributed by atoms with Gasteiger partial charge in [0, 0.05) is 30.0 Å². The quantitative estimate of drug-likeness (QED) is 0.0823. The lowest BCUT2D eigenvalue weighted by Crippen LogP contribution is -2.29. The standard InChI is InChI=1S/C20H24F3N3.C10H15BO2.C10H11BrF3N3/c1-2-3-6-14-9-11-15(12-10-14)17-13-24-19(20(21,22)23)26-18(17)25-16-7-4-5-8-16;1-2-3-4-9-5-7-10(8-6-9)11(12)13;11-7-5-15-9(10(12,13)14)17-8(7)16-6-3-1-2-4-6/h9-13,16H,2-8H2,1H3,(H,24,25,26);5-8,12-13H,2-4H2,1H3;5-6H,1-4H2,(H,15,16,17). The minimum Gasteiger partial charge on any atom is -0.423 e. The van der Waals surface area contributed by atoms with E-state index in [9.17, 15) is 26.3 Å². The van der Waals surface area contributed by atoms with E-state index in [-0.39, 0.29) is 23.7 Å². The summed E-state index contributed by atoms with van der Waals surface area (Å²) in [7, 11) is -1.35. The van der Waals surface area contributed by atoms with E-state index in [1.165, 1.54) is 30.2 Å². The summed E-state index contributed by atoms with van der Waals surface area (Å²) in [5, 5.41) is 23.9. The highest BCUT2D eigenvalue weighted by Gasteiger charge is 2.36. The number of nitrogens with zero attached hydrogens (tertiary/aromatic N) is 4. The van der Waals surface area contributed by atoms with Crippen LogP contribution in [0.15, 0.2) is 65.4 Å². The average molecular weight is 852 g/mol. The summed E-state index contributed by atoms with van der Waals surface area (Å²) >= 11 is 3.15. The van der Waals surface area contributed by atoms with E-state index in [0.29, 0.717) is 15.5 Å². The van der Waals surface area contributed by atoms with Gasteiger partial charge in [-0.25, -0.2) is 19.9 Å². The minimum absolute atomic E-state index is 0.175. The summed E-state index contributed by atoms with van der Waals surface area (Å²) in [5.41, 5.74) is 4.49. The molecule has 0 saturated heterocycles. The van der Waals surface area contributed by atoms with Gasteiger partial charge >= 0.3 is 19.5 Å². The zero-order chi connectivity index (χ0) is 40.7. The maximum atomic E-state index is 13.0. The van der Waals surface area contributed by atoms with Crippen molar-refractivity contribution in [2.75, 3.05) is 10.6 Å². The molecule has 6 rings (SSSR count). The van der Waals surface area contributed by atoms with Gasteiger partial charge in [-0.3, -0.25) is 0 Å². The molecule has 0 bridgehead atoms. The highest BCUT2D eigenvalue weighted by atomic mass is 79.9. The van der Waals surface area contributed by atoms with Crippen molar-refractivity contribution in [2.45, 2.75) is 128 Å². The Morgan fingerprint density at radius 2 is 1.09 bits per heavy atom. The molecule has 2 saturated carbocycles. The van der Waals surface area contributed by atoms with Crippen LogP contribution in [0.5, 0.6) is 0 Å². The topological polar surface area (TPSA) is 116 Å². The Hall–Kier alpha value is -3.76. The molecule has 2 fully saturated rings. The zero-order valence-electron chi connectivity index (χ0n) is 31.7. The van der Waals surface area contributed by atoms with Crippen molar-refractivity contribution in [2.24, 2.45) is 0 Å².